The molecule has 0 aliphatic heterocycles. The van der Waals surface area contributed by atoms with E-state index in [1.165, 1.54) is 0 Å². The van der Waals surface area contributed by atoms with Gasteiger partial charge in [-0.1, -0.05) is 4.73 Å². The number of rotatable bonds is 4. The Morgan fingerprint density at radius 1 is 0.783 bits per heavy atom. The van der Waals surface area contributed by atoms with E-state index in [0.717, 1.165) is 18.2 Å². The highest BCUT2D eigenvalue weighted by molar-refractivity contribution is 5.98. The summed E-state index contributed by atoms with van der Waals surface area (Å²) in [5.74, 6) is -1.70. The molecule has 1 aromatic heterocycles. The Kier molecular flexibility index (Phi) is 3.42. The molecule has 0 unspecified atom stereocenters. The molecule has 23 heavy (non-hydrogen) atoms. The number of pyridine rings is 1. The molecule has 0 saturated carbocycles. The number of aromatic nitrogens is 1. The molecule has 0 fully saturated rings. The van der Waals surface area contributed by atoms with Crippen LogP contribution in [0.1, 0.15) is 0 Å². The quantitative estimate of drug-likeness (QED) is 0.341. The van der Waals surface area contributed by atoms with Gasteiger partial charge in [0, 0.05) is 12.1 Å². The van der Waals surface area contributed by atoms with E-state index < -0.39 is 58.2 Å². The average Bonchev–Trinajstić information content (AvgIpc) is 2.45. The summed E-state index contributed by atoms with van der Waals surface area (Å²) < 4.78 is -0.548. The standard InChI is InChI=1S/C9H3N5O9/c15-10-4-2-1-3-5(11(16)17)6(4)7(12(18)19)8(13(20)21)9(10)14(22)23/h1-3H. The van der Waals surface area contributed by atoms with Gasteiger partial charge in [0.05, 0.1) is 14.8 Å². The first kappa shape index (κ1) is 15.4. The van der Waals surface area contributed by atoms with Crippen molar-refractivity contribution in [3.63, 3.8) is 0 Å². The number of nitro groups is 4. The van der Waals surface area contributed by atoms with Gasteiger partial charge in [-0.15, -0.1) is 0 Å². The second kappa shape index (κ2) is 5.10. The second-order valence-corrected chi connectivity index (χ2v) is 4.01. The highest BCUT2D eigenvalue weighted by atomic mass is 16.7. The van der Waals surface area contributed by atoms with Crippen molar-refractivity contribution in [3.05, 3.63) is 63.9 Å². The molecule has 118 valence electrons. The molecule has 0 bridgehead atoms. The lowest BCUT2D eigenvalue weighted by molar-refractivity contribution is -0.649. The Hall–Kier alpha value is -3.97. The number of hydrogen-bond acceptors (Lipinski definition) is 9. The zero-order chi connectivity index (χ0) is 17.5. The van der Waals surface area contributed by atoms with Crippen LogP contribution in [0.15, 0.2) is 18.2 Å². The Morgan fingerprint density at radius 3 is 1.78 bits per heavy atom. The zero-order valence-electron chi connectivity index (χ0n) is 10.6. The minimum atomic E-state index is -1.73. The molecule has 0 aliphatic rings. The summed E-state index contributed by atoms with van der Waals surface area (Å²) in [6, 6.07) is 2.60. The molecule has 14 heteroatoms. The van der Waals surface area contributed by atoms with Crippen LogP contribution >= 0.6 is 0 Å². The molecule has 1 aromatic carbocycles. The molecule has 2 aromatic rings. The van der Waals surface area contributed by atoms with Gasteiger partial charge in [-0.3, -0.25) is 40.5 Å². The molecular formula is C9H3N5O9. The molecule has 1 heterocycles. The van der Waals surface area contributed by atoms with Gasteiger partial charge in [0.2, 0.25) is 10.9 Å². The average molecular weight is 325 g/mol. The van der Waals surface area contributed by atoms with E-state index in [1.54, 1.807) is 0 Å². The van der Waals surface area contributed by atoms with Crippen molar-refractivity contribution in [2.24, 2.45) is 0 Å². The van der Waals surface area contributed by atoms with Crippen LogP contribution in [0.25, 0.3) is 10.9 Å². The Morgan fingerprint density at radius 2 is 1.35 bits per heavy atom. The van der Waals surface area contributed by atoms with Crippen LogP contribution < -0.4 is 4.73 Å². The van der Waals surface area contributed by atoms with Crippen molar-refractivity contribution in [3.8, 4) is 0 Å². The number of nitro benzene ring substituents is 1. The van der Waals surface area contributed by atoms with E-state index in [2.05, 4.69) is 0 Å². The SMILES string of the molecule is O=[N+]([O-])c1c([N+](=O)[O-])c2c([N+](=O)[O-])cccc2[n+]([O-])c1[N+](=O)[O-]. The molecule has 2 rings (SSSR count). The monoisotopic (exact) mass is 325 g/mol. The van der Waals surface area contributed by atoms with Gasteiger partial charge < -0.3 is 5.21 Å². The van der Waals surface area contributed by atoms with E-state index >= 15 is 0 Å². The van der Waals surface area contributed by atoms with E-state index in [9.17, 15) is 45.7 Å². The van der Waals surface area contributed by atoms with Crippen molar-refractivity contribution in [2.75, 3.05) is 0 Å². The first-order chi connectivity index (χ1) is 10.7. The molecular weight excluding hydrogens is 322 g/mol. The first-order valence-electron chi connectivity index (χ1n) is 5.48. The third-order valence-corrected chi connectivity index (χ3v) is 2.84. The molecule has 14 nitrogen and oxygen atoms in total. The minimum Gasteiger partial charge on any atom is -0.613 e. The highest BCUT2D eigenvalue weighted by Gasteiger charge is 2.49. The van der Waals surface area contributed by atoms with Crippen LogP contribution in [0.3, 0.4) is 0 Å². The first-order valence-corrected chi connectivity index (χ1v) is 5.48. The number of non-ortho nitro benzene ring substituents is 1. The summed E-state index contributed by atoms with van der Waals surface area (Å²) in [6.07, 6.45) is 0. The van der Waals surface area contributed by atoms with Crippen molar-refractivity contribution in [1.29, 1.82) is 0 Å². The lowest BCUT2D eigenvalue weighted by atomic mass is 10.1. The Bertz CT molecular complexity index is 908. The lowest BCUT2D eigenvalue weighted by Crippen LogP contribution is -2.32. The van der Waals surface area contributed by atoms with Crippen LogP contribution in [-0.2, 0) is 0 Å². The van der Waals surface area contributed by atoms with Gasteiger partial charge in [-0.05, 0) is 6.07 Å². The van der Waals surface area contributed by atoms with E-state index in [4.69, 9.17) is 0 Å². The van der Waals surface area contributed by atoms with Gasteiger partial charge in [0.25, 0.3) is 5.69 Å². The van der Waals surface area contributed by atoms with Gasteiger partial charge in [-0.25, -0.2) is 0 Å². The molecule has 0 aliphatic carbocycles. The van der Waals surface area contributed by atoms with E-state index in [0.29, 0.717) is 0 Å². The van der Waals surface area contributed by atoms with Gasteiger partial charge in [-0.2, -0.15) is 0 Å². The van der Waals surface area contributed by atoms with Crippen LogP contribution in [0, 0.1) is 45.7 Å². The van der Waals surface area contributed by atoms with Crippen LogP contribution in [0.2, 0.25) is 0 Å². The molecule has 0 radical (unpaired) electrons. The summed E-state index contributed by atoms with van der Waals surface area (Å²) in [5.41, 5.74) is -4.98. The largest absolute Gasteiger partial charge is 0.613 e. The summed E-state index contributed by atoms with van der Waals surface area (Å²) in [5, 5.41) is 55.0. The van der Waals surface area contributed by atoms with E-state index in [1.807, 2.05) is 0 Å². The normalized spacial score (nSPS) is 10.4. The number of fused-ring (bicyclic) bond motifs is 1. The maximum absolute atomic E-state index is 12.0. The van der Waals surface area contributed by atoms with Crippen LogP contribution in [-0.4, -0.2) is 19.7 Å². The van der Waals surface area contributed by atoms with Crippen LogP contribution in [0.5, 0.6) is 0 Å². The summed E-state index contributed by atoms with van der Waals surface area (Å²) >= 11 is 0. The number of benzene rings is 1. The topological polar surface area (TPSA) is 200 Å². The Balaban J connectivity index is 3.27. The lowest BCUT2D eigenvalue weighted by Gasteiger charge is -2.04. The molecule has 0 atom stereocenters. The molecule has 0 amide bonds. The van der Waals surface area contributed by atoms with Crippen molar-refractivity contribution >= 4 is 33.8 Å². The maximum Gasteiger partial charge on any atom is 0.599 e. The van der Waals surface area contributed by atoms with Gasteiger partial charge >= 0.3 is 17.2 Å². The third kappa shape index (κ3) is 2.19. The van der Waals surface area contributed by atoms with Crippen molar-refractivity contribution in [2.45, 2.75) is 0 Å². The number of nitrogens with zero attached hydrogens (tertiary/aromatic N) is 5. The molecule has 0 spiro atoms. The predicted molar refractivity (Wildman–Crippen MR) is 69.5 cm³/mol. The fourth-order valence-electron chi connectivity index (χ4n) is 2.03. The number of hydrogen-bond donors (Lipinski definition) is 0. The van der Waals surface area contributed by atoms with Gasteiger partial charge in [0.1, 0.15) is 4.92 Å². The zero-order valence-corrected chi connectivity index (χ0v) is 10.6. The second-order valence-electron chi connectivity index (χ2n) is 4.01. The summed E-state index contributed by atoms with van der Waals surface area (Å²) in [7, 11) is 0. The predicted octanol–water partition coefficient (Wildman–Crippen LogP) is 1.11. The van der Waals surface area contributed by atoms with Crippen molar-refractivity contribution in [1.82, 2.24) is 0 Å². The third-order valence-electron chi connectivity index (χ3n) is 2.84. The molecule has 0 N–H and O–H groups in total. The smallest absolute Gasteiger partial charge is 0.599 e. The summed E-state index contributed by atoms with van der Waals surface area (Å²) in [6.45, 7) is 0. The van der Waals surface area contributed by atoms with Gasteiger partial charge in [0.15, 0.2) is 0 Å². The molecule has 0 saturated heterocycles. The van der Waals surface area contributed by atoms with E-state index in [-0.39, 0.29) is 0 Å². The highest BCUT2D eigenvalue weighted by Crippen LogP contribution is 2.42. The fraction of sp³-hybridized carbons (Fsp3) is 0. The maximum atomic E-state index is 12.0. The Labute approximate surface area is 123 Å². The summed E-state index contributed by atoms with van der Waals surface area (Å²) in [4.78, 5) is 38.6. The van der Waals surface area contributed by atoms with Crippen molar-refractivity contribution < 1.29 is 24.4 Å². The fourth-order valence-corrected chi connectivity index (χ4v) is 2.03. The van der Waals surface area contributed by atoms with Crippen LogP contribution in [0.4, 0.5) is 22.9 Å². The minimum absolute atomic E-state index is 0.548.